The van der Waals surface area contributed by atoms with Crippen LogP contribution in [0.15, 0.2) is 48.6 Å². The number of aromatic hydroxyl groups is 1. The van der Waals surface area contributed by atoms with Crippen molar-refractivity contribution < 1.29 is 5.11 Å². The van der Waals surface area contributed by atoms with Gasteiger partial charge in [0.15, 0.2) is 0 Å². The molecule has 1 N–H and O–H groups in total. The molecule has 0 unspecified atom stereocenters. The van der Waals surface area contributed by atoms with Crippen molar-refractivity contribution in [3.05, 3.63) is 54.1 Å². The third-order valence-corrected chi connectivity index (χ3v) is 2.68. The maximum Gasteiger partial charge on any atom is 0.125 e. The van der Waals surface area contributed by atoms with E-state index in [9.17, 15) is 5.11 Å². The van der Waals surface area contributed by atoms with Crippen LogP contribution in [0.3, 0.4) is 0 Å². The van der Waals surface area contributed by atoms with Gasteiger partial charge in [0, 0.05) is 31.4 Å². The molecule has 1 aromatic rings. The van der Waals surface area contributed by atoms with Gasteiger partial charge in [0.05, 0.1) is 0 Å². The Morgan fingerprint density at radius 1 is 1.17 bits per heavy atom. The van der Waals surface area contributed by atoms with Crippen LogP contribution in [-0.2, 0) is 0 Å². The maximum absolute atomic E-state index is 10.0. The van der Waals surface area contributed by atoms with Crippen molar-refractivity contribution in [2.45, 2.75) is 13.8 Å². The standard InChI is InChI=1S/C16H21NO/c1-5-6-7-8-9-13(2)15-11-10-14(17(3)4)12-16(15)18/h5-12,18H,1-4H3/b6-5-,8-7-,13-9+. The minimum Gasteiger partial charge on any atom is -0.507 e. The fourth-order valence-electron chi connectivity index (χ4n) is 1.60. The van der Waals surface area contributed by atoms with E-state index in [-0.39, 0.29) is 0 Å². The van der Waals surface area contributed by atoms with E-state index in [2.05, 4.69) is 0 Å². The van der Waals surface area contributed by atoms with E-state index < -0.39 is 0 Å². The Labute approximate surface area is 110 Å². The van der Waals surface area contributed by atoms with Crippen molar-refractivity contribution in [2.24, 2.45) is 0 Å². The lowest BCUT2D eigenvalue weighted by Crippen LogP contribution is -2.08. The molecular weight excluding hydrogens is 222 g/mol. The number of benzene rings is 1. The normalized spacial score (nSPS) is 12.6. The summed E-state index contributed by atoms with van der Waals surface area (Å²) in [5.74, 6) is 0.314. The molecule has 0 spiro atoms. The molecule has 2 nitrogen and oxygen atoms in total. The molecular formula is C16H21NO. The minimum absolute atomic E-state index is 0.314. The Balaban J connectivity index is 2.96. The van der Waals surface area contributed by atoms with E-state index in [0.717, 1.165) is 16.8 Å². The smallest absolute Gasteiger partial charge is 0.125 e. The van der Waals surface area contributed by atoms with Crippen LogP contribution in [0.25, 0.3) is 5.57 Å². The molecule has 96 valence electrons. The van der Waals surface area contributed by atoms with E-state index in [4.69, 9.17) is 0 Å². The van der Waals surface area contributed by atoms with Gasteiger partial charge in [0.2, 0.25) is 0 Å². The van der Waals surface area contributed by atoms with Gasteiger partial charge < -0.3 is 10.0 Å². The van der Waals surface area contributed by atoms with Crippen molar-refractivity contribution in [3.63, 3.8) is 0 Å². The van der Waals surface area contributed by atoms with Crippen molar-refractivity contribution in [1.82, 2.24) is 0 Å². The summed E-state index contributed by atoms with van der Waals surface area (Å²) in [5, 5.41) is 10.0. The summed E-state index contributed by atoms with van der Waals surface area (Å²) in [6.45, 7) is 3.97. The average molecular weight is 243 g/mol. The lowest BCUT2D eigenvalue weighted by molar-refractivity contribution is 0.473. The zero-order valence-electron chi connectivity index (χ0n) is 11.5. The van der Waals surface area contributed by atoms with E-state index in [0.29, 0.717) is 5.75 Å². The first-order chi connectivity index (χ1) is 8.56. The van der Waals surface area contributed by atoms with E-state index in [1.165, 1.54) is 0 Å². The van der Waals surface area contributed by atoms with Crippen LogP contribution in [0.5, 0.6) is 5.75 Å². The molecule has 0 radical (unpaired) electrons. The monoisotopic (exact) mass is 243 g/mol. The number of hydrogen-bond acceptors (Lipinski definition) is 2. The molecule has 0 aliphatic carbocycles. The van der Waals surface area contributed by atoms with Crippen LogP contribution in [0.2, 0.25) is 0 Å². The Kier molecular flexibility index (Phi) is 5.25. The van der Waals surface area contributed by atoms with E-state index in [1.807, 2.05) is 75.4 Å². The zero-order valence-corrected chi connectivity index (χ0v) is 11.5. The van der Waals surface area contributed by atoms with Gasteiger partial charge in [-0.25, -0.2) is 0 Å². The Hall–Kier alpha value is -1.96. The summed E-state index contributed by atoms with van der Waals surface area (Å²) in [6.07, 6.45) is 9.87. The third-order valence-electron chi connectivity index (χ3n) is 2.68. The maximum atomic E-state index is 10.0. The number of nitrogens with zero attached hydrogens (tertiary/aromatic N) is 1. The molecule has 0 aliphatic rings. The molecule has 0 fully saturated rings. The van der Waals surface area contributed by atoms with Gasteiger partial charge in [-0.05, 0) is 31.6 Å². The highest BCUT2D eigenvalue weighted by Gasteiger charge is 2.04. The van der Waals surface area contributed by atoms with Crippen LogP contribution in [0, 0.1) is 0 Å². The van der Waals surface area contributed by atoms with Crippen molar-refractivity contribution in [3.8, 4) is 5.75 Å². The molecule has 2 heteroatoms. The van der Waals surface area contributed by atoms with Crippen LogP contribution < -0.4 is 4.90 Å². The predicted octanol–water partition coefficient (Wildman–Crippen LogP) is 3.99. The van der Waals surface area contributed by atoms with Crippen molar-refractivity contribution in [1.29, 1.82) is 0 Å². The van der Waals surface area contributed by atoms with Crippen molar-refractivity contribution in [2.75, 3.05) is 19.0 Å². The molecule has 0 saturated carbocycles. The third kappa shape index (κ3) is 3.81. The van der Waals surface area contributed by atoms with Crippen LogP contribution in [-0.4, -0.2) is 19.2 Å². The molecule has 0 aromatic heterocycles. The Morgan fingerprint density at radius 3 is 2.44 bits per heavy atom. The fourth-order valence-corrected chi connectivity index (χ4v) is 1.60. The SMILES string of the molecule is C\C=C/C=C\C=C(/C)c1ccc(N(C)C)cc1O. The second kappa shape index (κ2) is 6.70. The molecule has 18 heavy (non-hydrogen) atoms. The number of rotatable bonds is 4. The summed E-state index contributed by atoms with van der Waals surface area (Å²) in [5.41, 5.74) is 2.90. The number of anilines is 1. The lowest BCUT2D eigenvalue weighted by Gasteiger charge is -2.14. The van der Waals surface area contributed by atoms with Crippen molar-refractivity contribution >= 4 is 11.3 Å². The number of allylic oxidation sites excluding steroid dienone is 6. The Bertz CT molecular complexity index is 482. The average Bonchev–Trinajstić information content (AvgIpc) is 2.34. The highest BCUT2D eigenvalue weighted by molar-refractivity contribution is 5.72. The molecule has 0 atom stereocenters. The van der Waals surface area contributed by atoms with Gasteiger partial charge in [-0.15, -0.1) is 0 Å². The summed E-state index contributed by atoms with van der Waals surface area (Å²) >= 11 is 0. The van der Waals surface area contributed by atoms with Gasteiger partial charge in [-0.2, -0.15) is 0 Å². The fraction of sp³-hybridized carbons (Fsp3) is 0.250. The van der Waals surface area contributed by atoms with E-state index >= 15 is 0 Å². The van der Waals surface area contributed by atoms with Gasteiger partial charge in [-0.1, -0.05) is 30.4 Å². The highest BCUT2D eigenvalue weighted by Crippen LogP contribution is 2.28. The summed E-state index contributed by atoms with van der Waals surface area (Å²) in [4.78, 5) is 1.97. The summed E-state index contributed by atoms with van der Waals surface area (Å²) in [6, 6.07) is 5.73. The molecule has 0 bridgehead atoms. The van der Waals surface area contributed by atoms with Gasteiger partial charge >= 0.3 is 0 Å². The molecule has 0 aliphatic heterocycles. The second-order valence-electron chi connectivity index (χ2n) is 4.36. The van der Waals surface area contributed by atoms with Crippen LogP contribution in [0.1, 0.15) is 19.4 Å². The minimum atomic E-state index is 0.314. The quantitative estimate of drug-likeness (QED) is 0.808. The number of phenolic OH excluding ortho intramolecular Hbond substituents is 1. The molecule has 1 rings (SSSR count). The highest BCUT2D eigenvalue weighted by atomic mass is 16.3. The Morgan fingerprint density at radius 2 is 1.89 bits per heavy atom. The van der Waals surface area contributed by atoms with Gasteiger partial charge in [0.25, 0.3) is 0 Å². The molecule has 1 aromatic carbocycles. The lowest BCUT2D eigenvalue weighted by atomic mass is 10.0. The largest absolute Gasteiger partial charge is 0.507 e. The number of phenols is 1. The van der Waals surface area contributed by atoms with Gasteiger partial charge in [0.1, 0.15) is 5.75 Å². The zero-order chi connectivity index (χ0) is 13.5. The topological polar surface area (TPSA) is 23.5 Å². The number of hydrogen-bond donors (Lipinski definition) is 1. The second-order valence-corrected chi connectivity index (χ2v) is 4.36. The van der Waals surface area contributed by atoms with Crippen LogP contribution >= 0.6 is 0 Å². The van der Waals surface area contributed by atoms with E-state index in [1.54, 1.807) is 6.07 Å². The first kappa shape index (κ1) is 14.1. The summed E-state index contributed by atoms with van der Waals surface area (Å²) < 4.78 is 0. The predicted molar refractivity (Wildman–Crippen MR) is 80.0 cm³/mol. The first-order valence-corrected chi connectivity index (χ1v) is 6.03. The van der Waals surface area contributed by atoms with Gasteiger partial charge in [-0.3, -0.25) is 0 Å². The molecule has 0 heterocycles. The van der Waals surface area contributed by atoms with Crippen LogP contribution in [0.4, 0.5) is 5.69 Å². The molecule has 0 amide bonds. The molecule has 0 saturated heterocycles. The summed E-state index contributed by atoms with van der Waals surface area (Å²) in [7, 11) is 3.91. The first-order valence-electron chi connectivity index (χ1n) is 6.03.